The Labute approximate surface area is 153 Å². The molecule has 0 unspecified atom stereocenters. The Kier molecular flexibility index (Phi) is 4.67. The maximum absolute atomic E-state index is 11.9. The number of carbonyl (C=O) groups excluding carboxylic acids is 1. The summed E-state index contributed by atoms with van der Waals surface area (Å²) in [5.41, 5.74) is 2.76. The van der Waals surface area contributed by atoms with Gasteiger partial charge >= 0.3 is 0 Å². The summed E-state index contributed by atoms with van der Waals surface area (Å²) in [5, 5.41) is 19.5. The van der Waals surface area contributed by atoms with Gasteiger partial charge in [-0.05, 0) is 53.4 Å². The Hall–Kier alpha value is -3.27. The van der Waals surface area contributed by atoms with Crippen molar-refractivity contribution in [2.75, 3.05) is 7.05 Å². The van der Waals surface area contributed by atoms with E-state index >= 15 is 0 Å². The first-order chi connectivity index (χ1) is 12.5. The lowest BCUT2D eigenvalue weighted by atomic mass is 9.74. The van der Waals surface area contributed by atoms with E-state index in [0.717, 1.165) is 28.7 Å². The third-order valence-electron chi connectivity index (χ3n) is 4.79. The van der Waals surface area contributed by atoms with Gasteiger partial charge in [-0.2, -0.15) is 0 Å². The largest absolute Gasteiger partial charge is 0.508 e. The van der Waals surface area contributed by atoms with Crippen LogP contribution in [0.1, 0.15) is 22.3 Å². The summed E-state index contributed by atoms with van der Waals surface area (Å²) in [6.07, 6.45) is 0.798. The molecule has 3 rings (SSSR count). The molecule has 0 saturated heterocycles. The van der Waals surface area contributed by atoms with Crippen molar-refractivity contribution >= 4 is 6.41 Å². The van der Waals surface area contributed by atoms with E-state index in [0.29, 0.717) is 0 Å². The molecule has 0 fully saturated rings. The summed E-state index contributed by atoms with van der Waals surface area (Å²) in [5.74, 6) is 0.318. The van der Waals surface area contributed by atoms with Crippen LogP contribution in [0.5, 0.6) is 11.5 Å². The minimum atomic E-state index is -0.894. The predicted octanol–water partition coefficient (Wildman–Crippen LogP) is 3.79. The summed E-state index contributed by atoms with van der Waals surface area (Å²) in [4.78, 5) is 13.6. The normalized spacial score (nSPS) is 11.2. The second-order valence-electron chi connectivity index (χ2n) is 6.34. The Morgan fingerprint density at radius 1 is 0.808 bits per heavy atom. The first-order valence-electron chi connectivity index (χ1n) is 8.33. The summed E-state index contributed by atoms with van der Waals surface area (Å²) in [6, 6.07) is 21.6. The highest BCUT2D eigenvalue weighted by Crippen LogP contribution is 2.43. The van der Waals surface area contributed by atoms with E-state index in [-0.39, 0.29) is 11.5 Å². The quantitative estimate of drug-likeness (QED) is 0.545. The van der Waals surface area contributed by atoms with Gasteiger partial charge in [-0.15, -0.1) is 0 Å². The number of rotatable bonds is 5. The van der Waals surface area contributed by atoms with Crippen molar-refractivity contribution in [2.45, 2.75) is 12.5 Å². The van der Waals surface area contributed by atoms with Crippen molar-refractivity contribution in [1.82, 2.24) is 4.90 Å². The Balaban J connectivity index is 2.42. The van der Waals surface area contributed by atoms with Gasteiger partial charge in [0.05, 0.1) is 0 Å². The van der Waals surface area contributed by atoms with Gasteiger partial charge < -0.3 is 15.1 Å². The van der Waals surface area contributed by atoms with Crippen LogP contribution in [-0.4, -0.2) is 28.6 Å². The highest BCUT2D eigenvalue weighted by molar-refractivity contribution is 5.61. The van der Waals surface area contributed by atoms with E-state index in [2.05, 4.69) is 0 Å². The van der Waals surface area contributed by atoms with Crippen molar-refractivity contribution in [1.29, 1.82) is 0 Å². The molecule has 0 spiro atoms. The van der Waals surface area contributed by atoms with E-state index in [1.54, 1.807) is 36.2 Å². The van der Waals surface area contributed by atoms with Crippen LogP contribution in [0.2, 0.25) is 0 Å². The number of amides is 1. The molecule has 0 heterocycles. The smallest absolute Gasteiger partial charge is 0.210 e. The molecule has 0 atom stereocenters. The lowest BCUT2D eigenvalue weighted by molar-refractivity contribution is -0.120. The first-order valence-corrected chi connectivity index (χ1v) is 8.33. The molecule has 0 radical (unpaired) electrons. The molecule has 3 aromatic carbocycles. The van der Waals surface area contributed by atoms with E-state index in [1.807, 2.05) is 55.5 Å². The van der Waals surface area contributed by atoms with E-state index in [1.165, 1.54) is 0 Å². The molecule has 132 valence electrons. The number of hydrogen-bond donors (Lipinski definition) is 2. The fraction of sp³-hybridized carbons (Fsp3) is 0.136. The molecule has 0 saturated carbocycles. The molecule has 0 bridgehead atoms. The fourth-order valence-electron chi connectivity index (χ4n) is 3.54. The minimum absolute atomic E-state index is 0.159. The maximum atomic E-state index is 11.9. The zero-order valence-electron chi connectivity index (χ0n) is 14.8. The lowest BCUT2D eigenvalue weighted by Gasteiger charge is -2.42. The third-order valence-corrected chi connectivity index (χ3v) is 4.79. The molecule has 0 aliphatic carbocycles. The van der Waals surface area contributed by atoms with Crippen LogP contribution in [0.3, 0.4) is 0 Å². The predicted molar refractivity (Wildman–Crippen MR) is 101 cm³/mol. The Morgan fingerprint density at radius 3 is 1.69 bits per heavy atom. The van der Waals surface area contributed by atoms with Crippen LogP contribution in [0, 0.1) is 6.92 Å². The molecule has 1 amide bonds. The van der Waals surface area contributed by atoms with Gasteiger partial charge in [0.1, 0.15) is 17.0 Å². The van der Waals surface area contributed by atoms with E-state index in [9.17, 15) is 15.0 Å². The van der Waals surface area contributed by atoms with Gasteiger partial charge in [0.15, 0.2) is 0 Å². The van der Waals surface area contributed by atoms with E-state index < -0.39 is 5.54 Å². The molecule has 0 aromatic heterocycles. The van der Waals surface area contributed by atoms with Crippen molar-refractivity contribution < 1.29 is 15.0 Å². The molecule has 26 heavy (non-hydrogen) atoms. The molecule has 4 nitrogen and oxygen atoms in total. The first kappa shape index (κ1) is 17.5. The number of hydrogen-bond acceptors (Lipinski definition) is 3. The van der Waals surface area contributed by atoms with Crippen molar-refractivity contribution in [3.05, 3.63) is 95.1 Å². The molecule has 4 heteroatoms. The zero-order chi connectivity index (χ0) is 18.7. The number of aryl methyl sites for hydroxylation is 1. The van der Waals surface area contributed by atoms with Crippen molar-refractivity contribution in [3.63, 3.8) is 0 Å². The van der Waals surface area contributed by atoms with Crippen LogP contribution in [-0.2, 0) is 10.3 Å². The molecule has 3 aromatic rings. The highest BCUT2D eigenvalue weighted by atomic mass is 16.3. The fourth-order valence-corrected chi connectivity index (χ4v) is 3.54. The molecular weight excluding hydrogens is 326 g/mol. The summed E-state index contributed by atoms with van der Waals surface area (Å²) in [6.45, 7) is 2.00. The average Bonchev–Trinajstić information content (AvgIpc) is 2.66. The van der Waals surface area contributed by atoms with Crippen LogP contribution >= 0.6 is 0 Å². The number of nitrogens with zero attached hydrogens (tertiary/aromatic N) is 1. The van der Waals surface area contributed by atoms with Crippen molar-refractivity contribution in [2.24, 2.45) is 0 Å². The zero-order valence-corrected chi connectivity index (χ0v) is 14.8. The second-order valence-corrected chi connectivity index (χ2v) is 6.34. The number of aromatic hydroxyl groups is 2. The number of carbonyl (C=O) groups is 1. The summed E-state index contributed by atoms with van der Waals surface area (Å²) < 4.78 is 0. The van der Waals surface area contributed by atoms with Gasteiger partial charge in [0.25, 0.3) is 0 Å². The highest BCUT2D eigenvalue weighted by Gasteiger charge is 2.41. The Bertz CT molecular complexity index is 856. The molecular formula is C22H21NO3. The van der Waals surface area contributed by atoms with Gasteiger partial charge in [-0.1, -0.05) is 48.5 Å². The molecule has 0 aliphatic heterocycles. The molecule has 0 aliphatic rings. The van der Waals surface area contributed by atoms with Crippen LogP contribution < -0.4 is 0 Å². The van der Waals surface area contributed by atoms with Crippen molar-refractivity contribution in [3.8, 4) is 11.5 Å². The Morgan fingerprint density at radius 2 is 1.27 bits per heavy atom. The van der Waals surface area contributed by atoms with Gasteiger partial charge in [-0.25, -0.2) is 0 Å². The SMILES string of the molecule is Cc1ccccc1C(c1ccc(O)cc1)(c1ccc(O)cc1)N(C)C=O. The second kappa shape index (κ2) is 6.92. The summed E-state index contributed by atoms with van der Waals surface area (Å²) >= 11 is 0. The van der Waals surface area contributed by atoms with Crippen LogP contribution in [0.4, 0.5) is 0 Å². The number of phenols is 2. The number of benzene rings is 3. The van der Waals surface area contributed by atoms with Gasteiger partial charge in [0, 0.05) is 7.05 Å². The van der Waals surface area contributed by atoms with E-state index in [4.69, 9.17) is 0 Å². The minimum Gasteiger partial charge on any atom is -0.508 e. The standard InChI is InChI=1S/C22H21NO3/c1-16-5-3-4-6-21(16)22(23(2)15-24,17-7-11-19(25)12-8-17)18-9-13-20(26)14-10-18/h3-15,25-26H,1-2H3. The monoisotopic (exact) mass is 347 g/mol. The van der Waals surface area contributed by atoms with Crippen LogP contribution in [0.25, 0.3) is 0 Å². The van der Waals surface area contributed by atoms with Gasteiger partial charge in [0.2, 0.25) is 6.41 Å². The third kappa shape index (κ3) is 2.80. The topological polar surface area (TPSA) is 60.8 Å². The van der Waals surface area contributed by atoms with Gasteiger partial charge in [-0.3, -0.25) is 4.79 Å². The maximum Gasteiger partial charge on any atom is 0.210 e. The number of phenolic OH excluding ortho intramolecular Hbond substituents is 2. The average molecular weight is 347 g/mol. The summed E-state index contributed by atoms with van der Waals surface area (Å²) in [7, 11) is 1.74. The lowest BCUT2D eigenvalue weighted by Crippen LogP contribution is -2.45. The molecule has 2 N–H and O–H groups in total. The van der Waals surface area contributed by atoms with Crippen LogP contribution in [0.15, 0.2) is 72.8 Å².